The van der Waals surface area contributed by atoms with Crippen molar-refractivity contribution in [3.63, 3.8) is 0 Å². The van der Waals surface area contributed by atoms with Gasteiger partial charge in [-0.05, 0) is 19.8 Å². The van der Waals surface area contributed by atoms with E-state index in [9.17, 15) is 5.11 Å². The van der Waals surface area contributed by atoms with E-state index >= 15 is 0 Å². The number of unbranched alkanes of at least 4 members (excludes halogenated alkanes) is 4. The maximum atomic E-state index is 10.5. The van der Waals surface area contributed by atoms with Gasteiger partial charge in [-0.2, -0.15) is 0 Å². The van der Waals surface area contributed by atoms with Crippen LogP contribution in [0, 0.1) is 0 Å². The lowest BCUT2D eigenvalue weighted by molar-refractivity contribution is 0.124. The molecular weight excluding hydrogens is 374 g/mol. The Balaban J connectivity index is 2.01. The Morgan fingerprint density at radius 1 is 1.00 bits per heavy atom. The topological polar surface area (TPSA) is 75.9 Å². The predicted molar refractivity (Wildman–Crippen MR) is 124 cm³/mol. The van der Waals surface area contributed by atoms with E-state index in [4.69, 9.17) is 9.97 Å². The number of rotatable bonds is 12. The number of aliphatic hydroxyl groups is 1. The number of benzene rings is 1. The minimum atomic E-state index is -0.476. The van der Waals surface area contributed by atoms with Gasteiger partial charge in [-0.25, -0.2) is 15.0 Å². The van der Waals surface area contributed by atoms with Crippen LogP contribution in [0.15, 0.2) is 36.7 Å². The molecule has 6 heteroatoms. The van der Waals surface area contributed by atoms with Crippen LogP contribution in [0.25, 0.3) is 22.6 Å². The van der Waals surface area contributed by atoms with Gasteiger partial charge >= 0.3 is 0 Å². The van der Waals surface area contributed by atoms with Gasteiger partial charge in [0.25, 0.3) is 0 Å². The van der Waals surface area contributed by atoms with Crippen molar-refractivity contribution in [1.82, 2.24) is 19.5 Å². The van der Waals surface area contributed by atoms with E-state index in [1.807, 2.05) is 48.1 Å². The van der Waals surface area contributed by atoms with Gasteiger partial charge in [0.05, 0.1) is 18.5 Å². The number of anilines is 1. The molecule has 30 heavy (non-hydrogen) atoms. The summed E-state index contributed by atoms with van der Waals surface area (Å²) in [5, 5.41) is 14.0. The van der Waals surface area contributed by atoms with Gasteiger partial charge in [0.2, 0.25) is 0 Å². The molecule has 2 atom stereocenters. The molecule has 0 aliphatic heterocycles. The Kier molecular flexibility index (Phi) is 8.20. The van der Waals surface area contributed by atoms with Gasteiger partial charge in [-0.1, -0.05) is 76.3 Å². The van der Waals surface area contributed by atoms with E-state index in [2.05, 4.69) is 24.1 Å². The highest BCUT2D eigenvalue weighted by molar-refractivity contribution is 5.85. The van der Waals surface area contributed by atoms with Crippen molar-refractivity contribution in [3.8, 4) is 11.4 Å². The molecule has 0 unspecified atom stereocenters. The summed E-state index contributed by atoms with van der Waals surface area (Å²) in [7, 11) is 0. The third-order valence-electron chi connectivity index (χ3n) is 5.54. The number of aliphatic hydroxyl groups excluding tert-OH is 1. The van der Waals surface area contributed by atoms with E-state index < -0.39 is 6.10 Å². The molecule has 3 aromatic rings. The van der Waals surface area contributed by atoms with E-state index in [0.29, 0.717) is 5.82 Å². The maximum Gasteiger partial charge on any atom is 0.166 e. The first-order valence-electron chi connectivity index (χ1n) is 11.4. The lowest BCUT2D eigenvalue weighted by atomic mass is 10.0. The number of fused-ring (bicyclic) bond motifs is 1. The molecule has 0 saturated heterocycles. The molecule has 0 amide bonds. The highest BCUT2D eigenvalue weighted by atomic mass is 16.3. The van der Waals surface area contributed by atoms with E-state index in [1.165, 1.54) is 19.3 Å². The summed E-state index contributed by atoms with van der Waals surface area (Å²) in [4.78, 5) is 14.3. The highest BCUT2D eigenvalue weighted by Gasteiger charge is 2.22. The second-order valence-electron chi connectivity index (χ2n) is 8.02. The van der Waals surface area contributed by atoms with Crippen molar-refractivity contribution >= 4 is 17.0 Å². The smallest absolute Gasteiger partial charge is 0.166 e. The molecule has 2 N–H and O–H groups in total. The number of hydrogen-bond acceptors (Lipinski definition) is 5. The highest BCUT2D eigenvalue weighted by Crippen LogP contribution is 2.29. The molecule has 0 spiro atoms. The molecule has 2 aromatic heterocycles. The van der Waals surface area contributed by atoms with Crippen molar-refractivity contribution in [1.29, 1.82) is 0 Å². The molecule has 1 aromatic carbocycles. The number of aromatic nitrogens is 4. The van der Waals surface area contributed by atoms with Crippen molar-refractivity contribution in [2.24, 2.45) is 0 Å². The molecule has 0 bridgehead atoms. The predicted octanol–water partition coefficient (Wildman–Crippen LogP) is 5.60. The zero-order valence-electron chi connectivity index (χ0n) is 18.5. The summed E-state index contributed by atoms with van der Waals surface area (Å²) >= 11 is 0. The SMILES string of the molecule is CCCCCC[C@@H]([C@H](C)O)n1cnc2c(NCCCC)nc(-c3ccccc3)nc21. The largest absolute Gasteiger partial charge is 0.391 e. The van der Waals surface area contributed by atoms with Gasteiger partial charge < -0.3 is 15.0 Å². The van der Waals surface area contributed by atoms with Crippen molar-refractivity contribution in [3.05, 3.63) is 36.7 Å². The average molecular weight is 410 g/mol. The molecular formula is C24H35N5O. The second-order valence-corrected chi connectivity index (χ2v) is 8.02. The zero-order chi connectivity index (χ0) is 21.3. The summed E-state index contributed by atoms with van der Waals surface area (Å²) < 4.78 is 2.05. The first-order valence-corrected chi connectivity index (χ1v) is 11.4. The Morgan fingerprint density at radius 3 is 2.47 bits per heavy atom. The molecule has 6 nitrogen and oxygen atoms in total. The average Bonchev–Trinajstić information content (AvgIpc) is 3.18. The summed E-state index contributed by atoms with van der Waals surface area (Å²) in [6.07, 6.45) is 9.13. The van der Waals surface area contributed by atoms with Crippen LogP contribution >= 0.6 is 0 Å². The fourth-order valence-electron chi connectivity index (χ4n) is 3.78. The number of nitrogens with one attached hydrogen (secondary N) is 1. The molecule has 0 radical (unpaired) electrons. The minimum Gasteiger partial charge on any atom is -0.391 e. The van der Waals surface area contributed by atoms with Crippen LogP contribution < -0.4 is 5.32 Å². The van der Waals surface area contributed by atoms with Crippen molar-refractivity contribution in [2.45, 2.75) is 77.9 Å². The molecule has 0 aliphatic carbocycles. The molecule has 3 rings (SSSR count). The standard InChI is InChI=1S/C24H35N5O/c1-4-6-8-12-15-20(18(3)30)29-17-26-21-23(25-16-7-5-2)27-22(28-24(21)29)19-13-10-9-11-14-19/h9-11,13-14,17-18,20,30H,4-8,12,15-16H2,1-3H3,(H,25,27,28)/t18-,20-/m0/s1. The fraction of sp³-hybridized carbons (Fsp3) is 0.542. The zero-order valence-corrected chi connectivity index (χ0v) is 18.5. The number of hydrogen-bond donors (Lipinski definition) is 2. The quantitative estimate of drug-likeness (QED) is 0.381. The molecule has 2 heterocycles. The minimum absolute atomic E-state index is 0.0473. The Morgan fingerprint density at radius 2 is 1.77 bits per heavy atom. The third-order valence-corrected chi connectivity index (χ3v) is 5.54. The van der Waals surface area contributed by atoms with Crippen LogP contribution in [0.5, 0.6) is 0 Å². The molecule has 0 aliphatic rings. The number of nitrogens with zero attached hydrogens (tertiary/aromatic N) is 4. The van der Waals surface area contributed by atoms with E-state index in [0.717, 1.165) is 54.8 Å². The third kappa shape index (κ3) is 5.36. The maximum absolute atomic E-state index is 10.5. The lowest BCUT2D eigenvalue weighted by Crippen LogP contribution is -2.21. The van der Waals surface area contributed by atoms with Gasteiger partial charge in [-0.3, -0.25) is 0 Å². The Bertz CT molecular complexity index is 907. The van der Waals surface area contributed by atoms with Gasteiger partial charge in [-0.15, -0.1) is 0 Å². The van der Waals surface area contributed by atoms with Crippen LogP contribution in [0.4, 0.5) is 5.82 Å². The van der Waals surface area contributed by atoms with Gasteiger partial charge in [0.1, 0.15) is 5.52 Å². The van der Waals surface area contributed by atoms with Crippen molar-refractivity contribution in [2.75, 3.05) is 11.9 Å². The summed E-state index contributed by atoms with van der Waals surface area (Å²) in [5.74, 6) is 1.44. The van der Waals surface area contributed by atoms with E-state index in [1.54, 1.807) is 0 Å². The molecule has 0 fully saturated rings. The van der Waals surface area contributed by atoms with Gasteiger partial charge in [0, 0.05) is 12.1 Å². The summed E-state index contributed by atoms with van der Waals surface area (Å²) in [6.45, 7) is 7.09. The Hall–Kier alpha value is -2.47. The summed E-state index contributed by atoms with van der Waals surface area (Å²) in [6, 6.07) is 9.98. The first kappa shape index (κ1) is 22.2. The fourth-order valence-corrected chi connectivity index (χ4v) is 3.78. The van der Waals surface area contributed by atoms with Crippen molar-refractivity contribution < 1.29 is 5.11 Å². The molecule has 0 saturated carbocycles. The second kappa shape index (κ2) is 11.1. The van der Waals surface area contributed by atoms with Crippen LogP contribution in [0.2, 0.25) is 0 Å². The van der Waals surface area contributed by atoms with E-state index in [-0.39, 0.29) is 6.04 Å². The lowest BCUT2D eigenvalue weighted by Gasteiger charge is -2.22. The monoisotopic (exact) mass is 409 g/mol. The van der Waals surface area contributed by atoms with Crippen LogP contribution in [0.3, 0.4) is 0 Å². The summed E-state index contributed by atoms with van der Waals surface area (Å²) in [5.41, 5.74) is 2.52. The normalized spacial score (nSPS) is 13.5. The van der Waals surface area contributed by atoms with Crippen LogP contribution in [0.1, 0.15) is 71.8 Å². The Labute approximate surface area is 179 Å². The first-order chi connectivity index (χ1) is 14.7. The number of imidazole rings is 1. The van der Waals surface area contributed by atoms with Crippen LogP contribution in [-0.2, 0) is 0 Å². The van der Waals surface area contributed by atoms with Gasteiger partial charge in [0.15, 0.2) is 17.3 Å². The van der Waals surface area contributed by atoms with Crippen LogP contribution in [-0.4, -0.2) is 37.3 Å². The molecule has 162 valence electrons.